The number of carbonyl (C=O) groups excluding carboxylic acids is 3. The van der Waals surface area contributed by atoms with Gasteiger partial charge in [-0.1, -0.05) is 45.9 Å². The van der Waals surface area contributed by atoms with E-state index >= 15 is 0 Å². The zero-order chi connectivity index (χ0) is 33.8. The number of ether oxygens (including phenoxy) is 4. The molecule has 3 heterocycles. The number of fused-ring (bicyclic) bond motifs is 1. The van der Waals surface area contributed by atoms with Crippen LogP contribution in [0.4, 0.5) is 5.82 Å². The first-order chi connectivity index (χ1) is 21.7. The van der Waals surface area contributed by atoms with Gasteiger partial charge in [-0.25, -0.2) is 14.1 Å². The summed E-state index contributed by atoms with van der Waals surface area (Å²) in [5.41, 5.74) is 5.36. The maximum absolute atomic E-state index is 14.2. The van der Waals surface area contributed by atoms with Crippen molar-refractivity contribution in [3.05, 3.63) is 54.5 Å². The number of nitrogens with zero attached hydrogens (tertiary/aromatic N) is 3. The van der Waals surface area contributed by atoms with E-state index in [9.17, 15) is 18.9 Å². The van der Waals surface area contributed by atoms with E-state index in [-0.39, 0.29) is 11.6 Å². The summed E-state index contributed by atoms with van der Waals surface area (Å²) in [6.45, 7) is 9.11. The molecule has 16 heteroatoms. The second-order valence-corrected chi connectivity index (χ2v) is 13.4. The summed E-state index contributed by atoms with van der Waals surface area (Å²) in [5, 5.41) is 6.88. The van der Waals surface area contributed by atoms with Crippen molar-refractivity contribution >= 4 is 37.0 Å². The van der Waals surface area contributed by atoms with Crippen LogP contribution in [0, 0.1) is 11.8 Å². The maximum Gasteiger partial charge on any atom is 0.459 e. The van der Waals surface area contributed by atoms with E-state index in [0.717, 1.165) is 0 Å². The zero-order valence-corrected chi connectivity index (χ0v) is 27.6. The second kappa shape index (κ2) is 14.2. The van der Waals surface area contributed by atoms with E-state index < -0.39 is 74.1 Å². The summed E-state index contributed by atoms with van der Waals surface area (Å²) in [6, 6.07) is 10.5. The number of nitrogen functional groups attached to an aromatic ring is 1. The van der Waals surface area contributed by atoms with Gasteiger partial charge in [0.1, 0.15) is 35.3 Å². The van der Waals surface area contributed by atoms with Gasteiger partial charge in [0.25, 0.3) is 0 Å². The average molecular weight is 662 g/mol. The van der Waals surface area contributed by atoms with Crippen molar-refractivity contribution in [3.63, 3.8) is 0 Å². The number of benzene rings is 1. The second-order valence-electron chi connectivity index (χ2n) is 11.7. The molecule has 0 saturated carbocycles. The van der Waals surface area contributed by atoms with Gasteiger partial charge in [-0.15, -0.1) is 0 Å². The highest BCUT2D eigenvalue weighted by atomic mass is 31.2. The smallest absolute Gasteiger partial charge is 0.459 e. The first-order valence-electron chi connectivity index (χ1n) is 14.7. The Bertz CT molecular complexity index is 1600. The Morgan fingerprint density at radius 2 is 1.67 bits per heavy atom. The number of hydrogen-bond donors (Lipinski definition) is 2. The molecule has 1 aliphatic heterocycles. The first kappa shape index (κ1) is 34.8. The molecule has 250 valence electrons. The van der Waals surface area contributed by atoms with Gasteiger partial charge in [0.05, 0.1) is 31.2 Å². The van der Waals surface area contributed by atoms with Gasteiger partial charge in [-0.05, 0) is 38.1 Å². The molecule has 3 N–H and O–H groups in total. The van der Waals surface area contributed by atoms with Crippen molar-refractivity contribution in [3.8, 4) is 5.75 Å². The molecule has 0 aliphatic carbocycles. The number of para-hydroxylation sites is 1. The lowest BCUT2D eigenvalue weighted by Gasteiger charge is -2.33. The largest absolute Gasteiger partial charge is 0.468 e. The molecule has 1 aromatic carbocycles. The van der Waals surface area contributed by atoms with Crippen LogP contribution in [0.25, 0.3) is 5.52 Å². The van der Waals surface area contributed by atoms with Crippen LogP contribution in [-0.2, 0) is 42.4 Å². The zero-order valence-electron chi connectivity index (χ0n) is 26.7. The van der Waals surface area contributed by atoms with E-state index in [1.54, 1.807) is 77.1 Å². The standard InChI is InChI=1S/C30H40N5O10P/c1-17(2)27(36)42-24-23(21-13-14-22-26(31)32-16-33-35(21)22)44-30(6,25(24)43-28(37)18(3)4)15-41-46(39,34-19(5)29(38)40-7)45-20-11-9-8-10-12-20/h8-14,16-19,23-25H,15H2,1-7H3,(H,34,39)(H2,31,32,33)/t19-,23-,24-,25-,30+,46?/m0/s1. The molecule has 1 unspecified atom stereocenters. The Morgan fingerprint density at radius 1 is 1.02 bits per heavy atom. The predicted molar refractivity (Wildman–Crippen MR) is 164 cm³/mol. The number of anilines is 1. The molecule has 15 nitrogen and oxygen atoms in total. The SMILES string of the molecule is COC(=O)[C@H](C)NP(=O)(OC[C@@]1(C)O[C@@H](c2ccc3c(N)ncnn23)[C@H](OC(=O)C(C)C)[C@@H]1OC(=O)C(C)C)Oc1ccccc1. The van der Waals surface area contributed by atoms with Crippen LogP contribution in [0.3, 0.4) is 0 Å². The van der Waals surface area contributed by atoms with Crippen molar-refractivity contribution in [2.75, 3.05) is 19.5 Å². The minimum absolute atomic E-state index is 0.189. The summed E-state index contributed by atoms with van der Waals surface area (Å²) in [5.74, 6) is -2.58. The number of methoxy groups -OCH3 is 1. The van der Waals surface area contributed by atoms with Gasteiger partial charge in [-0.3, -0.25) is 18.9 Å². The van der Waals surface area contributed by atoms with Crippen LogP contribution in [0.5, 0.6) is 5.75 Å². The van der Waals surface area contributed by atoms with Crippen LogP contribution < -0.4 is 15.3 Å². The fourth-order valence-electron chi connectivity index (χ4n) is 4.70. The number of hydrogen-bond acceptors (Lipinski definition) is 13. The minimum Gasteiger partial charge on any atom is -0.468 e. The third-order valence-electron chi connectivity index (χ3n) is 7.23. The van der Waals surface area contributed by atoms with Crippen LogP contribution in [-0.4, -0.2) is 70.1 Å². The number of nitrogens with two attached hydrogens (primary N) is 1. The summed E-state index contributed by atoms with van der Waals surface area (Å²) in [4.78, 5) is 42.3. The molecule has 0 spiro atoms. The number of rotatable bonds is 13. The third kappa shape index (κ3) is 7.66. The Hall–Kier alpha value is -4.04. The van der Waals surface area contributed by atoms with E-state index in [1.807, 2.05) is 0 Å². The monoisotopic (exact) mass is 661 g/mol. The molecular formula is C30H40N5O10P. The predicted octanol–water partition coefficient (Wildman–Crippen LogP) is 3.63. The van der Waals surface area contributed by atoms with Crippen LogP contribution in [0.1, 0.15) is 53.3 Å². The molecule has 1 saturated heterocycles. The molecule has 1 aliphatic rings. The lowest BCUT2D eigenvalue weighted by Crippen LogP contribution is -2.49. The summed E-state index contributed by atoms with van der Waals surface area (Å²) >= 11 is 0. The molecule has 0 bridgehead atoms. The van der Waals surface area contributed by atoms with Gasteiger partial charge >= 0.3 is 25.7 Å². The van der Waals surface area contributed by atoms with Crippen molar-refractivity contribution in [2.24, 2.45) is 11.8 Å². The third-order valence-corrected chi connectivity index (χ3v) is 8.86. The topological polar surface area (TPSA) is 192 Å². The van der Waals surface area contributed by atoms with E-state index in [2.05, 4.69) is 15.2 Å². The molecule has 46 heavy (non-hydrogen) atoms. The van der Waals surface area contributed by atoms with Gasteiger partial charge in [0, 0.05) is 0 Å². The van der Waals surface area contributed by atoms with Crippen LogP contribution >= 0.6 is 7.75 Å². The Balaban J connectivity index is 1.77. The van der Waals surface area contributed by atoms with Gasteiger partial charge in [-0.2, -0.15) is 10.2 Å². The molecule has 0 amide bonds. The maximum atomic E-state index is 14.2. The fourth-order valence-corrected chi connectivity index (χ4v) is 6.29. The average Bonchev–Trinajstić information content (AvgIpc) is 3.56. The minimum atomic E-state index is -4.35. The molecule has 6 atom stereocenters. The van der Waals surface area contributed by atoms with E-state index in [4.69, 9.17) is 33.7 Å². The molecule has 3 aromatic rings. The lowest BCUT2D eigenvalue weighted by atomic mass is 9.95. The fraction of sp³-hybridized carbons (Fsp3) is 0.500. The number of nitrogens with one attached hydrogen (secondary N) is 1. The van der Waals surface area contributed by atoms with Crippen molar-refractivity contribution in [1.82, 2.24) is 19.7 Å². The molecule has 4 rings (SSSR count). The van der Waals surface area contributed by atoms with Crippen molar-refractivity contribution < 1.29 is 46.9 Å². The highest BCUT2D eigenvalue weighted by molar-refractivity contribution is 7.52. The van der Waals surface area contributed by atoms with Crippen molar-refractivity contribution in [1.29, 1.82) is 0 Å². The Kier molecular flexibility index (Phi) is 10.7. The number of aromatic nitrogens is 3. The molecular weight excluding hydrogens is 621 g/mol. The van der Waals surface area contributed by atoms with Gasteiger partial charge < -0.3 is 29.2 Å². The van der Waals surface area contributed by atoms with Crippen molar-refractivity contribution in [2.45, 2.75) is 71.5 Å². The molecule has 2 aromatic heterocycles. The molecule has 1 fully saturated rings. The number of carbonyl (C=O) groups is 3. The van der Waals surface area contributed by atoms with Crippen LogP contribution in [0.2, 0.25) is 0 Å². The lowest BCUT2D eigenvalue weighted by molar-refractivity contribution is -0.175. The Morgan fingerprint density at radius 3 is 2.30 bits per heavy atom. The van der Waals surface area contributed by atoms with Gasteiger partial charge in [0.15, 0.2) is 18.0 Å². The summed E-state index contributed by atoms with van der Waals surface area (Å²) in [6.07, 6.45) is -2.26. The van der Waals surface area contributed by atoms with Gasteiger partial charge in [0.2, 0.25) is 0 Å². The van der Waals surface area contributed by atoms with E-state index in [0.29, 0.717) is 11.2 Å². The summed E-state index contributed by atoms with van der Waals surface area (Å²) in [7, 11) is -3.16. The van der Waals surface area contributed by atoms with E-state index in [1.165, 1.54) is 24.9 Å². The highest BCUT2D eigenvalue weighted by Gasteiger charge is 2.59. The first-order valence-corrected chi connectivity index (χ1v) is 16.2. The Labute approximate surface area is 266 Å². The number of esters is 3. The normalized spacial score (nSPS) is 23.2. The quantitative estimate of drug-likeness (QED) is 0.153. The van der Waals surface area contributed by atoms with Crippen LogP contribution in [0.15, 0.2) is 48.8 Å². The molecule has 0 radical (unpaired) electrons. The summed E-state index contributed by atoms with van der Waals surface area (Å²) < 4.78 is 50.6. The highest BCUT2D eigenvalue weighted by Crippen LogP contribution is 2.50.